The van der Waals surface area contributed by atoms with Crippen LogP contribution in [0.5, 0.6) is 0 Å². The molecule has 4 aromatic rings. The van der Waals surface area contributed by atoms with Crippen molar-refractivity contribution in [3.05, 3.63) is 65.8 Å². The van der Waals surface area contributed by atoms with Crippen LogP contribution in [0.3, 0.4) is 0 Å². The fraction of sp³-hybridized carbons (Fsp3) is 0.385. The molecule has 4 atom stereocenters. The molecule has 9 nitrogen and oxygen atoms in total. The number of nitrogen functional groups attached to an aromatic ring is 1. The van der Waals surface area contributed by atoms with E-state index in [0.717, 1.165) is 41.5 Å². The van der Waals surface area contributed by atoms with Gasteiger partial charge in [-0.25, -0.2) is 19.9 Å². The van der Waals surface area contributed by atoms with Gasteiger partial charge in [0.1, 0.15) is 23.9 Å². The Morgan fingerprint density at radius 1 is 1.06 bits per heavy atom. The number of hydrogen-bond acceptors (Lipinski definition) is 8. The maximum Gasteiger partial charge on any atom is 0.227 e. The van der Waals surface area contributed by atoms with Crippen LogP contribution in [0.25, 0.3) is 11.0 Å². The van der Waals surface area contributed by atoms with Crippen LogP contribution in [0.4, 0.5) is 17.5 Å². The first-order chi connectivity index (χ1) is 17.4. The van der Waals surface area contributed by atoms with Gasteiger partial charge in [-0.3, -0.25) is 0 Å². The lowest BCUT2D eigenvalue weighted by molar-refractivity contribution is -0.160. The zero-order valence-electron chi connectivity index (χ0n) is 20.1. The number of benzene rings is 1. The number of anilines is 3. The van der Waals surface area contributed by atoms with Crippen molar-refractivity contribution < 1.29 is 9.47 Å². The molecule has 0 unspecified atom stereocenters. The summed E-state index contributed by atoms with van der Waals surface area (Å²) in [6.45, 7) is 3.96. The number of ether oxygens (including phenoxy) is 2. The Balaban J connectivity index is 1.16. The van der Waals surface area contributed by atoms with E-state index in [1.165, 1.54) is 6.33 Å². The fourth-order valence-electron chi connectivity index (χ4n) is 5.43. The first-order valence-electron chi connectivity index (χ1n) is 12.1. The summed E-state index contributed by atoms with van der Waals surface area (Å²) in [4.78, 5) is 17.6. The molecule has 6 rings (SSSR count). The van der Waals surface area contributed by atoms with Crippen molar-refractivity contribution >= 4 is 40.1 Å². The van der Waals surface area contributed by atoms with E-state index in [4.69, 9.17) is 26.8 Å². The van der Waals surface area contributed by atoms with Gasteiger partial charge in [0.25, 0.3) is 0 Å². The molecule has 0 amide bonds. The quantitative estimate of drug-likeness (QED) is 0.380. The van der Waals surface area contributed by atoms with E-state index in [0.29, 0.717) is 22.7 Å². The number of halogens is 1. The average molecular weight is 506 g/mol. The van der Waals surface area contributed by atoms with Crippen LogP contribution >= 0.6 is 11.6 Å². The summed E-state index contributed by atoms with van der Waals surface area (Å²) < 4.78 is 15.0. The van der Waals surface area contributed by atoms with Gasteiger partial charge in [0, 0.05) is 29.3 Å². The van der Waals surface area contributed by atoms with Crippen molar-refractivity contribution in [1.82, 2.24) is 24.5 Å². The minimum Gasteiger partial charge on any atom is -0.383 e. The van der Waals surface area contributed by atoms with Gasteiger partial charge in [-0.1, -0.05) is 11.6 Å². The molecule has 4 heterocycles. The van der Waals surface area contributed by atoms with E-state index in [9.17, 15) is 0 Å². The van der Waals surface area contributed by atoms with Crippen molar-refractivity contribution in [2.24, 2.45) is 5.92 Å². The van der Waals surface area contributed by atoms with Gasteiger partial charge in [-0.2, -0.15) is 0 Å². The Hall–Kier alpha value is -3.27. The lowest BCUT2D eigenvalue weighted by Gasteiger charge is -2.24. The number of fused-ring (bicyclic) bond motifs is 2. The second-order valence-corrected chi connectivity index (χ2v) is 10.4. The van der Waals surface area contributed by atoms with Gasteiger partial charge in [-0.05, 0) is 74.9 Å². The van der Waals surface area contributed by atoms with Crippen LogP contribution < -0.4 is 11.1 Å². The Kier molecular flexibility index (Phi) is 5.78. The third-order valence-corrected chi connectivity index (χ3v) is 7.31. The predicted octanol–water partition coefficient (Wildman–Crippen LogP) is 4.91. The second-order valence-electron chi connectivity index (χ2n) is 9.93. The van der Waals surface area contributed by atoms with Crippen molar-refractivity contribution in [1.29, 1.82) is 0 Å². The van der Waals surface area contributed by atoms with Crippen LogP contribution in [0.2, 0.25) is 5.02 Å². The summed E-state index contributed by atoms with van der Waals surface area (Å²) in [7, 11) is 0. The molecule has 1 saturated heterocycles. The summed E-state index contributed by atoms with van der Waals surface area (Å²) >= 11 is 5.96. The zero-order chi connectivity index (χ0) is 24.9. The van der Waals surface area contributed by atoms with Crippen LogP contribution in [0, 0.1) is 5.92 Å². The summed E-state index contributed by atoms with van der Waals surface area (Å²) in [5.41, 5.74) is 8.88. The highest BCUT2D eigenvalue weighted by atomic mass is 35.5. The van der Waals surface area contributed by atoms with Gasteiger partial charge in [-0.15, -0.1) is 0 Å². The maximum absolute atomic E-state index is 6.39. The van der Waals surface area contributed by atoms with Crippen molar-refractivity contribution in [3.63, 3.8) is 0 Å². The van der Waals surface area contributed by atoms with E-state index >= 15 is 0 Å². The Morgan fingerprint density at radius 2 is 1.81 bits per heavy atom. The Labute approximate surface area is 214 Å². The number of nitrogens with zero attached hydrogens (tertiary/aromatic N) is 5. The van der Waals surface area contributed by atoms with Gasteiger partial charge in [0.05, 0.1) is 17.5 Å². The van der Waals surface area contributed by atoms with E-state index in [1.807, 2.05) is 62.8 Å². The summed E-state index contributed by atoms with van der Waals surface area (Å²) in [5.74, 6) is 0.742. The van der Waals surface area contributed by atoms with E-state index in [1.54, 1.807) is 0 Å². The highest BCUT2D eigenvalue weighted by Crippen LogP contribution is 2.49. The minimum absolute atomic E-state index is 0.00778. The molecule has 1 aromatic carbocycles. The van der Waals surface area contributed by atoms with Crippen LogP contribution in [-0.2, 0) is 15.9 Å². The lowest BCUT2D eigenvalue weighted by atomic mass is 9.97. The number of aryl methyl sites for hydroxylation is 1. The van der Waals surface area contributed by atoms with Gasteiger partial charge < -0.3 is 25.1 Å². The highest BCUT2D eigenvalue weighted by molar-refractivity contribution is 6.30. The molecule has 0 bridgehead atoms. The molecule has 10 heteroatoms. The topological polar surface area (TPSA) is 113 Å². The van der Waals surface area contributed by atoms with E-state index < -0.39 is 5.79 Å². The number of aromatic nitrogens is 5. The molecule has 1 saturated carbocycles. The minimum atomic E-state index is -0.624. The first-order valence-corrected chi connectivity index (χ1v) is 12.5. The van der Waals surface area contributed by atoms with Crippen LogP contribution in [-0.4, -0.2) is 42.5 Å². The molecule has 0 radical (unpaired) electrons. The largest absolute Gasteiger partial charge is 0.383 e. The molecule has 1 aliphatic carbocycles. The number of rotatable bonds is 6. The molecule has 3 aromatic heterocycles. The highest BCUT2D eigenvalue weighted by Gasteiger charge is 2.54. The van der Waals surface area contributed by atoms with Crippen molar-refractivity contribution in [2.75, 3.05) is 11.1 Å². The predicted molar refractivity (Wildman–Crippen MR) is 138 cm³/mol. The van der Waals surface area contributed by atoms with E-state index in [2.05, 4.69) is 29.8 Å². The molecule has 2 aliphatic rings. The van der Waals surface area contributed by atoms with E-state index in [-0.39, 0.29) is 18.2 Å². The van der Waals surface area contributed by atoms with Gasteiger partial charge >= 0.3 is 0 Å². The standard InChI is InChI=1S/C26H28ClN7O2/c1-26(2)35-21-16(4-3-15-12-29-25(30-13-15)33-18-7-5-17(27)6-8-18)11-20(22(21)36-26)34-10-9-19-23(28)31-14-32-24(19)34/h5-10,12-14,16,20-22H,3-4,11H2,1-2H3,(H2,28,31,32)(H,29,30,33)/t16-,20+,21+,22-/m0/s1. The zero-order valence-corrected chi connectivity index (χ0v) is 20.9. The average Bonchev–Trinajstić information content (AvgIpc) is 3.52. The smallest absolute Gasteiger partial charge is 0.227 e. The van der Waals surface area contributed by atoms with Crippen LogP contribution in [0.1, 0.15) is 38.3 Å². The molecule has 0 spiro atoms. The molecule has 1 aliphatic heterocycles. The Bertz CT molecular complexity index is 1370. The number of nitrogens with one attached hydrogen (secondary N) is 1. The summed E-state index contributed by atoms with van der Waals surface area (Å²) in [5, 5.41) is 4.75. The SMILES string of the molecule is CC1(C)O[C@@H]2[C@@H](CCc3cnc(Nc4ccc(Cl)cc4)nc3)C[C@@H](n3ccc4c(N)ncnc43)[C@@H]2O1. The van der Waals surface area contributed by atoms with Crippen molar-refractivity contribution in [3.8, 4) is 0 Å². The molecular formula is C26H28ClN7O2. The molecule has 2 fully saturated rings. The number of nitrogens with two attached hydrogens (primary N) is 1. The Morgan fingerprint density at radius 3 is 2.58 bits per heavy atom. The summed E-state index contributed by atoms with van der Waals surface area (Å²) in [6.07, 6.45) is 9.99. The molecular weight excluding hydrogens is 478 g/mol. The second kappa shape index (κ2) is 8.99. The third kappa shape index (κ3) is 4.38. The normalized spacial score (nSPS) is 24.8. The molecule has 36 heavy (non-hydrogen) atoms. The van der Waals surface area contributed by atoms with Gasteiger partial charge in [0.2, 0.25) is 5.95 Å². The molecule has 186 valence electrons. The summed E-state index contributed by atoms with van der Waals surface area (Å²) in [6, 6.07) is 9.53. The van der Waals surface area contributed by atoms with Crippen molar-refractivity contribution in [2.45, 2.75) is 57.1 Å². The number of hydrogen-bond donors (Lipinski definition) is 2. The first kappa shape index (κ1) is 23.1. The fourth-order valence-corrected chi connectivity index (χ4v) is 5.56. The maximum atomic E-state index is 6.39. The monoisotopic (exact) mass is 505 g/mol. The third-order valence-electron chi connectivity index (χ3n) is 7.06. The van der Waals surface area contributed by atoms with Gasteiger partial charge in [0.15, 0.2) is 5.79 Å². The molecule has 3 N–H and O–H groups in total. The van der Waals surface area contributed by atoms with Crippen LogP contribution in [0.15, 0.2) is 55.2 Å². The lowest BCUT2D eigenvalue weighted by Crippen LogP contribution is -2.27.